The van der Waals surface area contributed by atoms with E-state index in [9.17, 15) is 4.79 Å². The molecule has 7 nitrogen and oxygen atoms in total. The zero-order valence-corrected chi connectivity index (χ0v) is 14.7. The number of carbonyl (C=O) groups excluding carboxylic acids is 1. The first-order valence-corrected chi connectivity index (χ1v) is 8.29. The largest absolute Gasteiger partial charge is 0.383 e. The highest BCUT2D eigenvalue weighted by molar-refractivity contribution is 5.91. The zero-order valence-electron chi connectivity index (χ0n) is 14.7. The molecule has 0 aromatic carbocycles. The first kappa shape index (κ1) is 17.9. The standard InChI is InChI=1S/C16H29N5O2/c1-5-14-11-20(6-7-21(14)8-9-23-4)12-16(22)17-15-10-13(2)18-19(15)3/h10,14H,5-9,11-12H2,1-4H3,(H,17,22). The molecule has 1 aromatic rings. The number of ether oxygens (including phenoxy) is 1. The van der Waals surface area contributed by atoms with Gasteiger partial charge in [-0.3, -0.25) is 19.3 Å². The number of amides is 1. The zero-order chi connectivity index (χ0) is 16.8. The Bertz CT molecular complexity index is 517. The first-order valence-electron chi connectivity index (χ1n) is 8.29. The second-order valence-corrected chi connectivity index (χ2v) is 6.17. The summed E-state index contributed by atoms with van der Waals surface area (Å²) in [4.78, 5) is 17.0. The van der Waals surface area contributed by atoms with E-state index in [2.05, 4.69) is 27.1 Å². The first-order chi connectivity index (χ1) is 11.0. The van der Waals surface area contributed by atoms with E-state index in [4.69, 9.17) is 4.74 Å². The van der Waals surface area contributed by atoms with Gasteiger partial charge >= 0.3 is 0 Å². The van der Waals surface area contributed by atoms with Crippen molar-refractivity contribution in [1.82, 2.24) is 19.6 Å². The summed E-state index contributed by atoms with van der Waals surface area (Å²) in [5.74, 6) is 0.770. The van der Waals surface area contributed by atoms with Crippen molar-refractivity contribution >= 4 is 11.7 Å². The molecule has 2 rings (SSSR count). The Morgan fingerprint density at radius 1 is 1.48 bits per heavy atom. The average Bonchev–Trinajstić information content (AvgIpc) is 2.83. The quantitative estimate of drug-likeness (QED) is 0.801. The number of carbonyl (C=O) groups is 1. The number of nitrogens with one attached hydrogen (secondary N) is 1. The van der Waals surface area contributed by atoms with Gasteiger partial charge in [0.25, 0.3) is 0 Å². The number of aryl methyl sites for hydroxylation is 2. The van der Waals surface area contributed by atoms with Crippen molar-refractivity contribution in [2.45, 2.75) is 26.3 Å². The molecule has 0 radical (unpaired) electrons. The van der Waals surface area contributed by atoms with E-state index in [-0.39, 0.29) is 5.91 Å². The van der Waals surface area contributed by atoms with Crippen LogP contribution in [0, 0.1) is 6.92 Å². The molecule has 2 heterocycles. The second kappa shape index (κ2) is 8.42. The normalized spacial score (nSPS) is 19.9. The molecule has 130 valence electrons. The molecule has 0 saturated carbocycles. The van der Waals surface area contributed by atoms with E-state index in [1.165, 1.54) is 0 Å². The lowest BCUT2D eigenvalue weighted by Crippen LogP contribution is -2.54. The number of rotatable bonds is 7. The van der Waals surface area contributed by atoms with Crippen LogP contribution in [0.25, 0.3) is 0 Å². The van der Waals surface area contributed by atoms with E-state index in [1.54, 1.807) is 11.8 Å². The van der Waals surface area contributed by atoms with E-state index >= 15 is 0 Å². The molecule has 1 aliphatic rings. The fourth-order valence-electron chi connectivity index (χ4n) is 3.10. The molecular weight excluding hydrogens is 294 g/mol. The Labute approximate surface area is 138 Å². The third-order valence-corrected chi connectivity index (χ3v) is 4.38. The molecule has 0 spiro atoms. The van der Waals surface area contributed by atoms with Crippen LogP contribution in [0.15, 0.2) is 6.07 Å². The van der Waals surface area contributed by atoms with Crippen LogP contribution in [0.4, 0.5) is 5.82 Å². The van der Waals surface area contributed by atoms with Crippen LogP contribution < -0.4 is 5.32 Å². The highest BCUT2D eigenvalue weighted by Gasteiger charge is 2.26. The van der Waals surface area contributed by atoms with Gasteiger partial charge in [-0.25, -0.2) is 0 Å². The van der Waals surface area contributed by atoms with Crippen molar-refractivity contribution in [3.63, 3.8) is 0 Å². The number of piperazine rings is 1. The summed E-state index contributed by atoms with van der Waals surface area (Å²) in [6.07, 6.45) is 1.09. The van der Waals surface area contributed by atoms with Crippen molar-refractivity contribution in [2.24, 2.45) is 7.05 Å². The van der Waals surface area contributed by atoms with Crippen molar-refractivity contribution in [2.75, 3.05) is 51.8 Å². The molecule has 1 atom stereocenters. The van der Waals surface area contributed by atoms with E-state index in [0.29, 0.717) is 12.6 Å². The molecule has 1 aromatic heterocycles. The SMILES string of the molecule is CCC1CN(CC(=O)Nc2cc(C)nn2C)CCN1CCOC. The Morgan fingerprint density at radius 2 is 2.26 bits per heavy atom. The van der Waals surface area contributed by atoms with Gasteiger partial charge in [0, 0.05) is 52.4 Å². The molecule has 1 amide bonds. The Balaban J connectivity index is 1.83. The predicted molar refractivity (Wildman–Crippen MR) is 90.5 cm³/mol. The van der Waals surface area contributed by atoms with Crippen LogP contribution in [0.3, 0.4) is 0 Å². The van der Waals surface area contributed by atoms with Gasteiger partial charge in [-0.2, -0.15) is 5.10 Å². The van der Waals surface area contributed by atoms with Gasteiger partial charge in [-0.05, 0) is 13.3 Å². The predicted octanol–water partition coefficient (Wildman–Crippen LogP) is 0.710. The minimum Gasteiger partial charge on any atom is -0.383 e. The summed E-state index contributed by atoms with van der Waals surface area (Å²) < 4.78 is 6.88. The monoisotopic (exact) mass is 323 g/mol. The van der Waals surface area contributed by atoms with E-state index in [0.717, 1.165) is 50.7 Å². The molecular formula is C16H29N5O2. The van der Waals surface area contributed by atoms with Gasteiger partial charge in [-0.15, -0.1) is 0 Å². The Morgan fingerprint density at radius 3 is 2.87 bits per heavy atom. The maximum atomic E-state index is 12.3. The number of methoxy groups -OCH3 is 1. The molecule has 7 heteroatoms. The second-order valence-electron chi connectivity index (χ2n) is 6.17. The molecule has 1 saturated heterocycles. The van der Waals surface area contributed by atoms with Crippen LogP contribution in [0.1, 0.15) is 19.0 Å². The minimum absolute atomic E-state index is 0.0215. The highest BCUT2D eigenvalue weighted by Crippen LogP contribution is 2.13. The number of hydrogen-bond donors (Lipinski definition) is 1. The van der Waals surface area contributed by atoms with Crippen LogP contribution >= 0.6 is 0 Å². The van der Waals surface area contributed by atoms with Gasteiger partial charge in [0.05, 0.1) is 18.8 Å². The fourth-order valence-corrected chi connectivity index (χ4v) is 3.10. The van der Waals surface area contributed by atoms with Crippen LogP contribution in [-0.2, 0) is 16.6 Å². The molecule has 0 bridgehead atoms. The fraction of sp³-hybridized carbons (Fsp3) is 0.750. The summed E-state index contributed by atoms with van der Waals surface area (Å²) in [6, 6.07) is 2.38. The lowest BCUT2D eigenvalue weighted by atomic mass is 10.1. The van der Waals surface area contributed by atoms with Gasteiger partial charge in [0.15, 0.2) is 0 Å². The molecule has 1 unspecified atom stereocenters. The molecule has 0 aliphatic carbocycles. The summed E-state index contributed by atoms with van der Waals surface area (Å²) in [5, 5.41) is 7.19. The van der Waals surface area contributed by atoms with Gasteiger partial charge < -0.3 is 10.1 Å². The van der Waals surface area contributed by atoms with Gasteiger partial charge in [0.1, 0.15) is 5.82 Å². The van der Waals surface area contributed by atoms with Crippen molar-refractivity contribution < 1.29 is 9.53 Å². The number of anilines is 1. The summed E-state index contributed by atoms with van der Waals surface area (Å²) in [7, 11) is 3.58. The smallest absolute Gasteiger partial charge is 0.239 e. The van der Waals surface area contributed by atoms with Crippen molar-refractivity contribution in [3.05, 3.63) is 11.8 Å². The van der Waals surface area contributed by atoms with Gasteiger partial charge in [-0.1, -0.05) is 6.92 Å². The highest BCUT2D eigenvalue weighted by atomic mass is 16.5. The number of hydrogen-bond acceptors (Lipinski definition) is 5. The van der Waals surface area contributed by atoms with Crippen LogP contribution in [-0.4, -0.2) is 78.0 Å². The molecule has 1 N–H and O–H groups in total. The summed E-state index contributed by atoms with van der Waals surface area (Å²) in [6.45, 7) is 9.10. The average molecular weight is 323 g/mol. The lowest BCUT2D eigenvalue weighted by Gasteiger charge is -2.40. The molecule has 1 fully saturated rings. The van der Waals surface area contributed by atoms with E-state index in [1.807, 2.05) is 20.0 Å². The van der Waals surface area contributed by atoms with Crippen LogP contribution in [0.5, 0.6) is 0 Å². The molecule has 23 heavy (non-hydrogen) atoms. The minimum atomic E-state index is 0.0215. The topological polar surface area (TPSA) is 62.6 Å². The lowest BCUT2D eigenvalue weighted by molar-refractivity contribution is -0.118. The third-order valence-electron chi connectivity index (χ3n) is 4.38. The Hall–Kier alpha value is -1.44. The third kappa shape index (κ3) is 5.02. The van der Waals surface area contributed by atoms with Crippen molar-refractivity contribution in [1.29, 1.82) is 0 Å². The molecule has 1 aliphatic heterocycles. The van der Waals surface area contributed by atoms with Crippen molar-refractivity contribution in [3.8, 4) is 0 Å². The maximum absolute atomic E-state index is 12.3. The van der Waals surface area contributed by atoms with Gasteiger partial charge in [0.2, 0.25) is 5.91 Å². The van der Waals surface area contributed by atoms with E-state index < -0.39 is 0 Å². The maximum Gasteiger partial charge on any atom is 0.239 e. The number of aromatic nitrogens is 2. The summed E-state index contributed by atoms with van der Waals surface area (Å²) in [5.41, 5.74) is 0.903. The Kier molecular flexibility index (Phi) is 6.56. The summed E-state index contributed by atoms with van der Waals surface area (Å²) >= 11 is 0. The van der Waals surface area contributed by atoms with Crippen LogP contribution in [0.2, 0.25) is 0 Å². The number of nitrogens with zero attached hydrogens (tertiary/aromatic N) is 4.